The van der Waals surface area contributed by atoms with E-state index in [1.54, 1.807) is 13.1 Å². The molecule has 0 aliphatic carbocycles. The molecule has 0 unspecified atom stereocenters. The van der Waals surface area contributed by atoms with Crippen LogP contribution in [0.5, 0.6) is 0 Å². The highest BCUT2D eigenvalue weighted by molar-refractivity contribution is 9.10. The van der Waals surface area contributed by atoms with Gasteiger partial charge in [-0.2, -0.15) is 0 Å². The van der Waals surface area contributed by atoms with E-state index >= 15 is 0 Å². The van der Waals surface area contributed by atoms with Gasteiger partial charge in [0.25, 0.3) is 0 Å². The molecule has 0 heterocycles. The summed E-state index contributed by atoms with van der Waals surface area (Å²) in [6.07, 6.45) is 2.90. The fourth-order valence-corrected chi connectivity index (χ4v) is 1.37. The Morgan fingerprint density at radius 2 is 2.27 bits per heavy atom. The summed E-state index contributed by atoms with van der Waals surface area (Å²) in [4.78, 5) is 11.0. The number of benzene rings is 1. The number of carbonyl (C=O) groups excluding carboxylic acids is 1. The van der Waals surface area contributed by atoms with Gasteiger partial charge in [-0.15, -0.1) is 0 Å². The summed E-state index contributed by atoms with van der Waals surface area (Å²) in [6.45, 7) is 2.16. The van der Waals surface area contributed by atoms with Crippen molar-refractivity contribution in [1.82, 2.24) is 0 Å². The van der Waals surface area contributed by atoms with Crippen LogP contribution >= 0.6 is 15.9 Å². The fourth-order valence-electron chi connectivity index (χ4n) is 0.968. The number of hydrogen-bond donors (Lipinski definition) is 1. The van der Waals surface area contributed by atoms with E-state index in [1.165, 1.54) is 6.08 Å². The van der Waals surface area contributed by atoms with Gasteiger partial charge in [0, 0.05) is 16.7 Å². The third-order valence-electron chi connectivity index (χ3n) is 1.62. The van der Waals surface area contributed by atoms with Gasteiger partial charge in [-0.25, -0.2) is 4.79 Å². The Morgan fingerprint density at radius 3 is 2.93 bits per heavy atom. The van der Waals surface area contributed by atoms with Crippen LogP contribution in [0, 0.1) is 0 Å². The number of para-hydroxylation sites is 1. The first-order chi connectivity index (χ1) is 7.24. The number of halogens is 1. The molecule has 1 aromatic rings. The predicted molar refractivity (Wildman–Crippen MR) is 63.5 cm³/mol. The Hall–Kier alpha value is -1.29. The van der Waals surface area contributed by atoms with Crippen LogP contribution in [0.25, 0.3) is 0 Å². The van der Waals surface area contributed by atoms with Gasteiger partial charge in [-0.05, 0) is 35.0 Å². The van der Waals surface area contributed by atoms with Crippen molar-refractivity contribution in [2.45, 2.75) is 6.92 Å². The Kier molecular flexibility index (Phi) is 4.90. The maximum Gasteiger partial charge on any atom is 0.332 e. The SMILES string of the molecule is CCOC(=O)/C=C/Nc1ccccc1Br. The Morgan fingerprint density at radius 1 is 1.53 bits per heavy atom. The smallest absolute Gasteiger partial charge is 0.332 e. The molecule has 3 nitrogen and oxygen atoms in total. The zero-order valence-electron chi connectivity index (χ0n) is 8.37. The molecule has 0 aromatic heterocycles. The largest absolute Gasteiger partial charge is 0.463 e. The minimum atomic E-state index is -0.350. The van der Waals surface area contributed by atoms with Crippen molar-refractivity contribution in [2.24, 2.45) is 0 Å². The van der Waals surface area contributed by atoms with Crippen LogP contribution in [-0.4, -0.2) is 12.6 Å². The maximum atomic E-state index is 11.0. The first-order valence-corrected chi connectivity index (χ1v) is 5.37. The minimum absolute atomic E-state index is 0.350. The van der Waals surface area contributed by atoms with Gasteiger partial charge in [0.2, 0.25) is 0 Å². The Labute approximate surface area is 97.3 Å². The standard InChI is InChI=1S/C11H12BrNO2/c1-2-15-11(14)7-8-13-10-6-4-3-5-9(10)12/h3-8,13H,2H2,1H3/b8-7+. The highest BCUT2D eigenvalue weighted by Crippen LogP contribution is 2.20. The zero-order valence-corrected chi connectivity index (χ0v) is 9.95. The lowest BCUT2D eigenvalue weighted by atomic mass is 10.3. The highest BCUT2D eigenvalue weighted by Gasteiger charge is 1.95. The lowest BCUT2D eigenvalue weighted by molar-refractivity contribution is -0.137. The second kappa shape index (κ2) is 6.24. The fraction of sp³-hybridized carbons (Fsp3) is 0.182. The maximum absolute atomic E-state index is 11.0. The molecule has 15 heavy (non-hydrogen) atoms. The molecule has 0 aliphatic heterocycles. The first-order valence-electron chi connectivity index (χ1n) is 4.58. The van der Waals surface area contributed by atoms with E-state index in [-0.39, 0.29) is 5.97 Å². The molecule has 0 bridgehead atoms. The van der Waals surface area contributed by atoms with Gasteiger partial charge in [0.15, 0.2) is 0 Å². The highest BCUT2D eigenvalue weighted by atomic mass is 79.9. The second-order valence-electron chi connectivity index (χ2n) is 2.71. The second-order valence-corrected chi connectivity index (χ2v) is 3.56. The molecule has 0 aliphatic rings. The number of rotatable bonds is 4. The van der Waals surface area contributed by atoms with Crippen molar-refractivity contribution in [3.05, 3.63) is 41.0 Å². The van der Waals surface area contributed by atoms with E-state index in [1.807, 2.05) is 24.3 Å². The van der Waals surface area contributed by atoms with Crippen molar-refractivity contribution >= 4 is 27.6 Å². The van der Waals surface area contributed by atoms with Crippen molar-refractivity contribution in [3.8, 4) is 0 Å². The van der Waals surface area contributed by atoms with Crippen LogP contribution in [0.15, 0.2) is 41.0 Å². The van der Waals surface area contributed by atoms with Crippen LogP contribution in [0.1, 0.15) is 6.92 Å². The summed E-state index contributed by atoms with van der Waals surface area (Å²) in [5.41, 5.74) is 0.901. The number of esters is 1. The Bertz CT molecular complexity index is 363. The number of carbonyl (C=O) groups is 1. The molecule has 0 amide bonds. The number of anilines is 1. The lowest BCUT2D eigenvalue weighted by Gasteiger charge is -2.02. The van der Waals surface area contributed by atoms with E-state index in [9.17, 15) is 4.79 Å². The van der Waals surface area contributed by atoms with E-state index in [2.05, 4.69) is 21.2 Å². The summed E-state index contributed by atoms with van der Waals surface area (Å²) in [5.74, 6) is -0.350. The molecule has 0 radical (unpaired) electrons. The molecule has 0 spiro atoms. The molecule has 1 N–H and O–H groups in total. The number of hydrogen-bond acceptors (Lipinski definition) is 3. The third-order valence-corrected chi connectivity index (χ3v) is 2.31. The molecular formula is C11H12BrNO2. The van der Waals surface area contributed by atoms with Gasteiger partial charge in [0.1, 0.15) is 0 Å². The van der Waals surface area contributed by atoms with Crippen LogP contribution in [-0.2, 0) is 9.53 Å². The lowest BCUT2D eigenvalue weighted by Crippen LogP contribution is -2.00. The van der Waals surface area contributed by atoms with Crippen molar-refractivity contribution in [1.29, 1.82) is 0 Å². The summed E-state index contributed by atoms with van der Waals surface area (Å²) >= 11 is 3.38. The van der Waals surface area contributed by atoms with Crippen LogP contribution in [0.2, 0.25) is 0 Å². The summed E-state index contributed by atoms with van der Waals surface area (Å²) < 4.78 is 5.68. The first kappa shape index (κ1) is 11.8. The van der Waals surface area contributed by atoms with Gasteiger partial charge in [0.05, 0.1) is 12.3 Å². The average molecular weight is 270 g/mol. The third kappa shape index (κ3) is 4.16. The molecule has 1 aromatic carbocycles. The molecule has 0 atom stereocenters. The van der Waals surface area contributed by atoms with Crippen molar-refractivity contribution in [2.75, 3.05) is 11.9 Å². The summed E-state index contributed by atoms with van der Waals surface area (Å²) in [6, 6.07) is 7.65. The van der Waals surface area contributed by atoms with E-state index in [0.29, 0.717) is 6.61 Å². The average Bonchev–Trinajstić information content (AvgIpc) is 2.21. The van der Waals surface area contributed by atoms with Crippen LogP contribution < -0.4 is 5.32 Å². The number of ether oxygens (including phenoxy) is 1. The quantitative estimate of drug-likeness (QED) is 0.675. The van der Waals surface area contributed by atoms with Gasteiger partial charge < -0.3 is 10.1 Å². The molecule has 80 valence electrons. The summed E-state index contributed by atoms with van der Waals surface area (Å²) in [7, 11) is 0. The molecule has 0 saturated heterocycles. The Balaban J connectivity index is 2.50. The zero-order chi connectivity index (χ0) is 11.1. The number of nitrogens with one attached hydrogen (secondary N) is 1. The van der Waals surface area contributed by atoms with Crippen molar-refractivity contribution < 1.29 is 9.53 Å². The molecule has 1 rings (SSSR count). The van der Waals surface area contributed by atoms with Crippen LogP contribution in [0.4, 0.5) is 5.69 Å². The molecule has 0 fully saturated rings. The minimum Gasteiger partial charge on any atom is -0.463 e. The molecule has 4 heteroatoms. The predicted octanol–water partition coefficient (Wildman–Crippen LogP) is 2.94. The summed E-state index contributed by atoms with van der Waals surface area (Å²) in [5, 5.41) is 2.97. The van der Waals surface area contributed by atoms with E-state index in [0.717, 1.165) is 10.2 Å². The van der Waals surface area contributed by atoms with E-state index < -0.39 is 0 Å². The topological polar surface area (TPSA) is 38.3 Å². The molecule has 0 saturated carbocycles. The van der Waals surface area contributed by atoms with E-state index in [4.69, 9.17) is 4.74 Å². The van der Waals surface area contributed by atoms with Gasteiger partial charge >= 0.3 is 5.97 Å². The monoisotopic (exact) mass is 269 g/mol. The normalized spacial score (nSPS) is 10.3. The van der Waals surface area contributed by atoms with Crippen LogP contribution in [0.3, 0.4) is 0 Å². The molecular weight excluding hydrogens is 258 g/mol. The van der Waals surface area contributed by atoms with Crippen molar-refractivity contribution in [3.63, 3.8) is 0 Å². The van der Waals surface area contributed by atoms with Gasteiger partial charge in [-0.3, -0.25) is 0 Å². The van der Waals surface area contributed by atoms with Gasteiger partial charge in [-0.1, -0.05) is 12.1 Å².